The van der Waals surface area contributed by atoms with E-state index in [0.29, 0.717) is 12.0 Å². The molecular weight excluding hydrogens is 320 g/mol. The number of imidazole rings is 1. The summed E-state index contributed by atoms with van der Waals surface area (Å²) in [4.78, 5) is 9.09. The van der Waals surface area contributed by atoms with E-state index in [0.717, 1.165) is 50.6 Å². The van der Waals surface area contributed by atoms with E-state index < -0.39 is 6.85 Å². The predicted molar refractivity (Wildman–Crippen MR) is 102 cm³/mol. The molecule has 0 N–H and O–H groups in total. The van der Waals surface area contributed by atoms with Crippen LogP contribution in [0.2, 0.25) is 0 Å². The molecule has 0 saturated heterocycles. The molecule has 26 heavy (non-hydrogen) atoms. The van der Waals surface area contributed by atoms with Crippen LogP contribution >= 0.6 is 0 Å². The maximum atomic E-state index is 8.32. The van der Waals surface area contributed by atoms with Crippen molar-refractivity contribution in [2.24, 2.45) is 7.05 Å². The maximum absolute atomic E-state index is 8.32. The summed E-state index contributed by atoms with van der Waals surface area (Å²) in [6, 6.07) is 12.0. The Bertz CT molecular complexity index is 1300. The lowest BCUT2D eigenvalue weighted by molar-refractivity contribution is -0.663. The average molecular weight is 344 g/mol. The standard InChI is InChI=1S/C22H21N4/c1-13-9-20(25(4)12-23-13)17-10-16-11-21-24-18-7-5-6-8-19(18)26(21)22(16)15(3)14(17)2/h5-10,12H,11H2,1-4H3/q+1/i3D3. The monoisotopic (exact) mass is 344 g/mol. The lowest BCUT2D eigenvalue weighted by Gasteiger charge is -2.15. The molecule has 3 heterocycles. The Morgan fingerprint density at radius 1 is 1.15 bits per heavy atom. The van der Waals surface area contributed by atoms with E-state index in [-0.39, 0.29) is 0 Å². The minimum atomic E-state index is -2.24. The first-order valence-electron chi connectivity index (χ1n) is 10.2. The van der Waals surface area contributed by atoms with E-state index in [1.54, 1.807) is 6.33 Å². The van der Waals surface area contributed by atoms with Crippen LogP contribution in [0.1, 0.15) is 32.3 Å². The van der Waals surface area contributed by atoms with Gasteiger partial charge in [0.2, 0.25) is 0 Å². The molecule has 0 unspecified atom stereocenters. The Kier molecular flexibility index (Phi) is 2.49. The molecule has 4 nitrogen and oxygen atoms in total. The highest BCUT2D eigenvalue weighted by molar-refractivity contribution is 5.82. The second kappa shape index (κ2) is 5.24. The van der Waals surface area contributed by atoms with Gasteiger partial charge in [0.25, 0.3) is 6.33 Å². The molecule has 0 amide bonds. The van der Waals surface area contributed by atoms with E-state index in [9.17, 15) is 0 Å². The number of hydrogen-bond donors (Lipinski definition) is 0. The van der Waals surface area contributed by atoms with Crippen molar-refractivity contribution in [1.82, 2.24) is 14.5 Å². The van der Waals surface area contributed by atoms with Gasteiger partial charge in [-0.25, -0.2) is 9.55 Å². The van der Waals surface area contributed by atoms with Gasteiger partial charge in [-0.15, -0.1) is 0 Å². The lowest BCUT2D eigenvalue weighted by Crippen LogP contribution is -2.31. The van der Waals surface area contributed by atoms with Crippen LogP contribution < -0.4 is 4.57 Å². The smallest absolute Gasteiger partial charge is 0.286 e. The first kappa shape index (κ1) is 12.4. The van der Waals surface area contributed by atoms with Crippen LogP contribution in [-0.2, 0) is 13.5 Å². The van der Waals surface area contributed by atoms with Gasteiger partial charge in [0.05, 0.1) is 23.8 Å². The van der Waals surface area contributed by atoms with Gasteiger partial charge in [-0.05, 0) is 48.7 Å². The number of rotatable bonds is 1. The third-order valence-electron chi connectivity index (χ3n) is 5.28. The van der Waals surface area contributed by atoms with Crippen molar-refractivity contribution in [3.8, 4) is 16.9 Å². The SMILES string of the molecule is [2H]C([2H])([2H])c1c(C)c(-c2cc(C)nc[n+]2C)cc2c1-n1c(nc3ccccc31)C2. The summed E-state index contributed by atoms with van der Waals surface area (Å²) >= 11 is 0. The molecule has 0 atom stereocenters. The summed E-state index contributed by atoms with van der Waals surface area (Å²) in [5, 5.41) is 0. The lowest BCUT2D eigenvalue weighted by atomic mass is 9.94. The highest BCUT2D eigenvalue weighted by atomic mass is 15.1. The molecule has 4 heteroatoms. The van der Waals surface area contributed by atoms with Crippen molar-refractivity contribution in [3.05, 3.63) is 70.9 Å². The zero-order valence-corrected chi connectivity index (χ0v) is 15.0. The van der Waals surface area contributed by atoms with Crippen molar-refractivity contribution in [1.29, 1.82) is 0 Å². The molecule has 0 bridgehead atoms. The largest absolute Gasteiger partial charge is 0.295 e. The van der Waals surface area contributed by atoms with Crippen molar-refractivity contribution >= 4 is 11.0 Å². The predicted octanol–water partition coefficient (Wildman–Crippen LogP) is 3.74. The van der Waals surface area contributed by atoms with Crippen molar-refractivity contribution in [2.45, 2.75) is 27.1 Å². The first-order chi connectivity index (χ1) is 13.8. The summed E-state index contributed by atoms with van der Waals surface area (Å²) in [5.41, 5.74) is 7.56. The van der Waals surface area contributed by atoms with E-state index >= 15 is 0 Å². The van der Waals surface area contributed by atoms with Gasteiger partial charge in [-0.2, -0.15) is 0 Å². The molecule has 0 fully saturated rings. The van der Waals surface area contributed by atoms with Crippen LogP contribution in [0.25, 0.3) is 28.0 Å². The Labute approximate surface area is 157 Å². The Hall–Kier alpha value is -3.01. The summed E-state index contributed by atoms with van der Waals surface area (Å²) in [5.74, 6) is 0.888. The number of hydrogen-bond acceptors (Lipinski definition) is 2. The van der Waals surface area contributed by atoms with Crippen LogP contribution in [0.4, 0.5) is 0 Å². The molecule has 0 radical (unpaired) electrons. The molecule has 4 aromatic rings. The molecule has 0 saturated carbocycles. The number of fused-ring (bicyclic) bond motifs is 5. The van der Waals surface area contributed by atoms with Gasteiger partial charge in [0.15, 0.2) is 5.69 Å². The first-order valence-corrected chi connectivity index (χ1v) is 8.72. The quantitative estimate of drug-likeness (QED) is 0.434. The molecule has 1 aliphatic heterocycles. The Balaban J connectivity index is 1.87. The fourth-order valence-electron chi connectivity index (χ4n) is 3.94. The second-order valence-corrected chi connectivity index (χ2v) is 6.99. The van der Waals surface area contributed by atoms with E-state index in [1.165, 1.54) is 0 Å². The second-order valence-electron chi connectivity index (χ2n) is 6.99. The minimum absolute atomic E-state index is 0.404. The zero-order chi connectivity index (χ0) is 20.5. The van der Waals surface area contributed by atoms with Crippen LogP contribution in [0.5, 0.6) is 0 Å². The van der Waals surface area contributed by atoms with Gasteiger partial charge in [-0.1, -0.05) is 17.1 Å². The van der Waals surface area contributed by atoms with Gasteiger partial charge in [0.1, 0.15) is 11.5 Å². The van der Waals surface area contributed by atoms with E-state index in [2.05, 4.69) is 11.1 Å². The summed E-state index contributed by atoms with van der Waals surface area (Å²) in [7, 11) is 1.93. The average Bonchev–Trinajstić information content (AvgIpc) is 3.18. The molecule has 2 aromatic heterocycles. The van der Waals surface area contributed by atoms with E-state index in [4.69, 9.17) is 9.10 Å². The number of aryl methyl sites for hydroxylation is 2. The fraction of sp³-hybridized carbons (Fsp3) is 0.227. The number of para-hydroxylation sites is 2. The van der Waals surface area contributed by atoms with Gasteiger partial charge in [-0.3, -0.25) is 4.57 Å². The van der Waals surface area contributed by atoms with Gasteiger partial charge in [0, 0.05) is 29.1 Å². The zero-order valence-electron chi connectivity index (χ0n) is 18.0. The number of aromatic nitrogens is 4. The topological polar surface area (TPSA) is 34.6 Å². The van der Waals surface area contributed by atoms with Crippen molar-refractivity contribution in [2.75, 3.05) is 0 Å². The third kappa shape index (κ3) is 1.99. The van der Waals surface area contributed by atoms with Gasteiger partial charge < -0.3 is 0 Å². The van der Waals surface area contributed by atoms with Crippen LogP contribution in [0.15, 0.2) is 42.7 Å². The molecule has 1 aliphatic rings. The van der Waals surface area contributed by atoms with Crippen LogP contribution in [-0.4, -0.2) is 14.5 Å². The van der Waals surface area contributed by atoms with Crippen molar-refractivity contribution in [3.63, 3.8) is 0 Å². The van der Waals surface area contributed by atoms with Gasteiger partial charge >= 0.3 is 0 Å². The Morgan fingerprint density at radius 2 is 2.00 bits per heavy atom. The van der Waals surface area contributed by atoms with Crippen LogP contribution in [0, 0.1) is 20.7 Å². The maximum Gasteiger partial charge on any atom is 0.286 e. The highest BCUT2D eigenvalue weighted by Crippen LogP contribution is 2.38. The number of nitrogens with zero attached hydrogens (tertiary/aromatic N) is 4. The molecule has 5 rings (SSSR count). The fourth-order valence-corrected chi connectivity index (χ4v) is 3.94. The Morgan fingerprint density at radius 3 is 2.85 bits per heavy atom. The molecule has 0 spiro atoms. The minimum Gasteiger partial charge on any atom is -0.295 e. The molecule has 128 valence electrons. The van der Waals surface area contributed by atoms with Crippen molar-refractivity contribution < 1.29 is 8.68 Å². The summed E-state index contributed by atoms with van der Waals surface area (Å²) in [6.07, 6.45) is 2.39. The summed E-state index contributed by atoms with van der Waals surface area (Å²) in [6.45, 7) is 1.61. The number of benzene rings is 2. The summed E-state index contributed by atoms with van der Waals surface area (Å²) < 4.78 is 28.9. The van der Waals surface area contributed by atoms with Crippen LogP contribution in [0.3, 0.4) is 0 Å². The molecule has 0 aliphatic carbocycles. The third-order valence-corrected chi connectivity index (χ3v) is 5.28. The molecule has 2 aromatic carbocycles. The highest BCUT2D eigenvalue weighted by Gasteiger charge is 2.27. The normalized spacial score (nSPS) is 14.7. The van der Waals surface area contributed by atoms with E-state index in [1.807, 2.05) is 60.4 Å². The molecular formula is C22H21N4+.